The van der Waals surface area contributed by atoms with E-state index in [-0.39, 0.29) is 6.04 Å². The molecule has 0 radical (unpaired) electrons. The average molecular weight is 255 g/mol. The van der Waals surface area contributed by atoms with Gasteiger partial charge in [0.25, 0.3) is 0 Å². The highest BCUT2D eigenvalue weighted by atomic mass is 35.5. The van der Waals surface area contributed by atoms with E-state index in [1.54, 1.807) is 7.11 Å². The second-order valence-electron chi connectivity index (χ2n) is 4.51. The summed E-state index contributed by atoms with van der Waals surface area (Å²) in [5.41, 5.74) is 7.43. The summed E-state index contributed by atoms with van der Waals surface area (Å²) in [5, 5.41) is 3.98. The summed E-state index contributed by atoms with van der Waals surface area (Å²) in [7, 11) is 1.63. The summed E-state index contributed by atoms with van der Waals surface area (Å²) in [4.78, 5) is 0. The Morgan fingerprint density at radius 3 is 2.76 bits per heavy atom. The minimum absolute atomic E-state index is 0.0725. The van der Waals surface area contributed by atoms with Crippen molar-refractivity contribution in [2.24, 2.45) is 11.7 Å². The molecule has 0 amide bonds. The van der Waals surface area contributed by atoms with E-state index in [2.05, 4.69) is 5.32 Å². The monoisotopic (exact) mass is 254 g/mol. The molecule has 17 heavy (non-hydrogen) atoms. The van der Waals surface area contributed by atoms with Gasteiger partial charge in [-0.25, -0.2) is 0 Å². The third-order valence-corrected chi connectivity index (χ3v) is 3.76. The maximum atomic E-state index is 6.32. The van der Waals surface area contributed by atoms with Crippen molar-refractivity contribution in [1.29, 1.82) is 0 Å². The Morgan fingerprint density at radius 1 is 1.41 bits per heavy atom. The molecule has 0 aromatic heterocycles. The molecule has 1 heterocycles. The van der Waals surface area contributed by atoms with E-state index in [0.717, 1.165) is 31.5 Å². The maximum absolute atomic E-state index is 6.32. The number of piperidine rings is 1. The standard InChI is InChI=1S/C13H19ClN2O/c1-17-12-8-10(2-3-11(12)14)13(15)9-4-6-16-7-5-9/h2-3,8-9,13,16H,4-7,15H2,1H3/t13-/m1/s1. The summed E-state index contributed by atoms with van der Waals surface area (Å²) in [6.45, 7) is 2.12. The molecule has 0 unspecified atom stereocenters. The van der Waals surface area contributed by atoms with Gasteiger partial charge in [-0.1, -0.05) is 17.7 Å². The minimum atomic E-state index is 0.0725. The zero-order valence-electron chi connectivity index (χ0n) is 10.1. The van der Waals surface area contributed by atoms with Crippen molar-refractivity contribution < 1.29 is 4.74 Å². The van der Waals surface area contributed by atoms with Crippen LogP contribution in [0.1, 0.15) is 24.4 Å². The molecule has 1 aromatic carbocycles. The van der Waals surface area contributed by atoms with Gasteiger partial charge in [-0.3, -0.25) is 0 Å². The number of hydrogen-bond acceptors (Lipinski definition) is 3. The normalized spacial score (nSPS) is 19.0. The third kappa shape index (κ3) is 2.92. The summed E-state index contributed by atoms with van der Waals surface area (Å²) in [6, 6.07) is 5.88. The molecule has 3 N–H and O–H groups in total. The molecule has 1 aliphatic heterocycles. The van der Waals surface area contributed by atoms with Crippen molar-refractivity contribution in [1.82, 2.24) is 5.32 Å². The van der Waals surface area contributed by atoms with E-state index in [4.69, 9.17) is 22.1 Å². The summed E-state index contributed by atoms with van der Waals surface area (Å²) < 4.78 is 5.22. The SMILES string of the molecule is COc1cc([C@H](N)C2CCNCC2)ccc1Cl. The highest BCUT2D eigenvalue weighted by Gasteiger charge is 2.22. The zero-order valence-corrected chi connectivity index (χ0v) is 10.8. The van der Waals surface area contributed by atoms with Gasteiger partial charge in [-0.15, -0.1) is 0 Å². The lowest BCUT2D eigenvalue weighted by atomic mass is 9.86. The van der Waals surface area contributed by atoms with Crippen LogP contribution in [0.4, 0.5) is 0 Å². The molecule has 0 aliphatic carbocycles. The van der Waals surface area contributed by atoms with Crippen LogP contribution in [0, 0.1) is 5.92 Å². The Balaban J connectivity index is 2.15. The van der Waals surface area contributed by atoms with Gasteiger partial charge in [0, 0.05) is 6.04 Å². The second-order valence-corrected chi connectivity index (χ2v) is 4.91. The second kappa shape index (κ2) is 5.71. The van der Waals surface area contributed by atoms with E-state index < -0.39 is 0 Å². The van der Waals surface area contributed by atoms with Crippen LogP contribution in [0.15, 0.2) is 18.2 Å². The molecule has 1 saturated heterocycles. The maximum Gasteiger partial charge on any atom is 0.137 e. The van der Waals surface area contributed by atoms with Gasteiger partial charge >= 0.3 is 0 Å². The highest BCUT2D eigenvalue weighted by molar-refractivity contribution is 6.32. The fraction of sp³-hybridized carbons (Fsp3) is 0.538. The molecule has 3 nitrogen and oxygen atoms in total. The molecule has 94 valence electrons. The quantitative estimate of drug-likeness (QED) is 0.871. The molecule has 0 spiro atoms. The number of rotatable bonds is 3. The van der Waals surface area contributed by atoms with Crippen molar-refractivity contribution >= 4 is 11.6 Å². The molecular formula is C13H19ClN2O. The molecule has 0 saturated carbocycles. The van der Waals surface area contributed by atoms with Crippen LogP contribution < -0.4 is 15.8 Å². The van der Waals surface area contributed by atoms with Crippen molar-refractivity contribution in [2.45, 2.75) is 18.9 Å². The van der Waals surface area contributed by atoms with Gasteiger partial charge in [-0.2, -0.15) is 0 Å². The molecular weight excluding hydrogens is 236 g/mol. The molecule has 0 bridgehead atoms. The van der Waals surface area contributed by atoms with Crippen LogP contribution in [0.3, 0.4) is 0 Å². The first-order valence-corrected chi connectivity index (χ1v) is 6.40. The van der Waals surface area contributed by atoms with Gasteiger partial charge in [0.05, 0.1) is 12.1 Å². The van der Waals surface area contributed by atoms with E-state index >= 15 is 0 Å². The third-order valence-electron chi connectivity index (χ3n) is 3.45. The van der Waals surface area contributed by atoms with Gasteiger partial charge < -0.3 is 15.8 Å². The fourth-order valence-electron chi connectivity index (χ4n) is 2.36. The highest BCUT2D eigenvalue weighted by Crippen LogP contribution is 2.32. The number of halogens is 1. The summed E-state index contributed by atoms with van der Waals surface area (Å²) in [5.74, 6) is 1.25. The molecule has 1 aliphatic rings. The van der Waals surface area contributed by atoms with Gasteiger partial charge in [-0.05, 0) is 49.5 Å². The van der Waals surface area contributed by atoms with Crippen LogP contribution >= 0.6 is 11.6 Å². The Morgan fingerprint density at radius 2 is 2.12 bits per heavy atom. The van der Waals surface area contributed by atoms with Crippen molar-refractivity contribution in [3.63, 3.8) is 0 Å². The smallest absolute Gasteiger partial charge is 0.137 e. The molecule has 2 rings (SSSR count). The van der Waals surface area contributed by atoms with Gasteiger partial charge in [0.2, 0.25) is 0 Å². The Labute approximate surface area is 107 Å². The number of nitrogens with two attached hydrogens (primary N) is 1. The number of nitrogens with one attached hydrogen (secondary N) is 1. The van der Waals surface area contributed by atoms with E-state index in [9.17, 15) is 0 Å². The topological polar surface area (TPSA) is 47.3 Å². The van der Waals surface area contributed by atoms with Crippen molar-refractivity contribution in [3.8, 4) is 5.75 Å². The first kappa shape index (κ1) is 12.7. The van der Waals surface area contributed by atoms with E-state index in [1.807, 2.05) is 18.2 Å². The Bertz CT molecular complexity index is 378. The lowest BCUT2D eigenvalue weighted by Crippen LogP contribution is -2.33. The summed E-state index contributed by atoms with van der Waals surface area (Å²) >= 11 is 6.01. The van der Waals surface area contributed by atoms with Crippen molar-refractivity contribution in [3.05, 3.63) is 28.8 Å². The van der Waals surface area contributed by atoms with E-state index in [1.165, 1.54) is 0 Å². The van der Waals surface area contributed by atoms with Crippen LogP contribution in [0.5, 0.6) is 5.75 Å². The zero-order chi connectivity index (χ0) is 12.3. The largest absolute Gasteiger partial charge is 0.495 e. The fourth-order valence-corrected chi connectivity index (χ4v) is 2.55. The molecule has 1 atom stereocenters. The Kier molecular flexibility index (Phi) is 4.26. The predicted octanol–water partition coefficient (Wildman–Crippen LogP) is 2.35. The lowest BCUT2D eigenvalue weighted by Gasteiger charge is -2.28. The summed E-state index contributed by atoms with van der Waals surface area (Å²) in [6.07, 6.45) is 2.26. The van der Waals surface area contributed by atoms with Crippen LogP contribution in [-0.2, 0) is 0 Å². The van der Waals surface area contributed by atoms with Gasteiger partial charge in [0.1, 0.15) is 5.75 Å². The van der Waals surface area contributed by atoms with Crippen LogP contribution in [0.25, 0.3) is 0 Å². The molecule has 1 aromatic rings. The van der Waals surface area contributed by atoms with E-state index in [0.29, 0.717) is 16.7 Å². The van der Waals surface area contributed by atoms with Crippen LogP contribution in [0.2, 0.25) is 5.02 Å². The number of hydrogen-bond donors (Lipinski definition) is 2. The number of ether oxygens (including phenoxy) is 1. The van der Waals surface area contributed by atoms with Crippen LogP contribution in [-0.4, -0.2) is 20.2 Å². The number of methoxy groups -OCH3 is 1. The molecule has 4 heteroatoms. The minimum Gasteiger partial charge on any atom is -0.495 e. The first-order chi connectivity index (χ1) is 8.22. The molecule has 1 fully saturated rings. The first-order valence-electron chi connectivity index (χ1n) is 6.02. The Hall–Kier alpha value is -0.770. The predicted molar refractivity (Wildman–Crippen MR) is 70.5 cm³/mol. The van der Waals surface area contributed by atoms with Crippen molar-refractivity contribution in [2.75, 3.05) is 20.2 Å². The average Bonchev–Trinajstić information content (AvgIpc) is 2.39. The number of benzene rings is 1. The lowest BCUT2D eigenvalue weighted by molar-refractivity contribution is 0.321. The van der Waals surface area contributed by atoms with Gasteiger partial charge in [0.15, 0.2) is 0 Å².